The van der Waals surface area contributed by atoms with Gasteiger partial charge < -0.3 is 20.4 Å². The number of aliphatic imine (C=N–C) groups is 1. The molecule has 2 heterocycles. The molecule has 0 unspecified atom stereocenters. The maximum atomic E-state index is 10.9. The minimum absolute atomic E-state index is 0.00170. The van der Waals surface area contributed by atoms with E-state index in [1.54, 1.807) is 17.6 Å². The molecule has 0 atom stereocenters. The van der Waals surface area contributed by atoms with E-state index in [1.165, 1.54) is 11.8 Å². The molecule has 0 aliphatic rings. The van der Waals surface area contributed by atoms with Crippen molar-refractivity contribution >= 4 is 23.2 Å². The lowest BCUT2D eigenvalue weighted by Gasteiger charge is -2.12. The summed E-state index contributed by atoms with van der Waals surface area (Å²) in [6.45, 7) is 4.33. The van der Waals surface area contributed by atoms with E-state index in [4.69, 9.17) is 4.42 Å². The number of hydrogen-bond donors (Lipinski definition) is 3. The van der Waals surface area contributed by atoms with Crippen LogP contribution in [0, 0.1) is 0 Å². The van der Waals surface area contributed by atoms with E-state index in [9.17, 15) is 4.79 Å². The van der Waals surface area contributed by atoms with Gasteiger partial charge in [-0.3, -0.25) is 4.79 Å². The first kappa shape index (κ1) is 18.1. The summed E-state index contributed by atoms with van der Waals surface area (Å²) in [5.74, 6) is 1.72. The number of carbonyl (C=O) groups excluding carboxylic acids is 1. The molecule has 0 spiro atoms. The van der Waals surface area contributed by atoms with Gasteiger partial charge in [0.2, 0.25) is 5.91 Å². The Balaban J connectivity index is 1.76. The Morgan fingerprint density at radius 1 is 1.17 bits per heavy atom. The molecule has 0 aliphatic heterocycles. The summed E-state index contributed by atoms with van der Waals surface area (Å²) in [6.07, 6.45) is 3.33. The highest BCUT2D eigenvalue weighted by Gasteiger charge is 2.01. The average molecular weight is 348 g/mol. The van der Waals surface area contributed by atoms with Gasteiger partial charge in [-0.25, -0.2) is 4.99 Å². The van der Waals surface area contributed by atoms with E-state index in [1.807, 2.05) is 18.2 Å². The lowest BCUT2D eigenvalue weighted by Crippen LogP contribution is -2.39. The molecular formula is C17H24N4O2S. The Labute approximate surface area is 146 Å². The first-order chi connectivity index (χ1) is 11.7. The number of nitrogens with zero attached hydrogens (tertiary/aromatic N) is 1. The lowest BCUT2D eigenvalue weighted by atomic mass is 10.3. The molecule has 0 bridgehead atoms. The van der Waals surface area contributed by atoms with Gasteiger partial charge in [0.15, 0.2) is 5.96 Å². The maximum Gasteiger partial charge on any atom is 0.216 e. The van der Waals surface area contributed by atoms with Crippen LogP contribution < -0.4 is 16.0 Å². The zero-order valence-corrected chi connectivity index (χ0v) is 14.7. The van der Waals surface area contributed by atoms with Crippen molar-refractivity contribution in [2.24, 2.45) is 4.99 Å². The molecule has 3 N–H and O–H groups in total. The fourth-order valence-corrected chi connectivity index (χ4v) is 2.68. The average Bonchev–Trinajstić information content (AvgIpc) is 3.25. The Morgan fingerprint density at radius 3 is 2.71 bits per heavy atom. The quantitative estimate of drug-likeness (QED) is 0.369. The van der Waals surface area contributed by atoms with Crippen LogP contribution in [0.2, 0.25) is 0 Å². The molecule has 0 saturated heterocycles. The van der Waals surface area contributed by atoms with Crippen LogP contribution >= 0.6 is 11.3 Å². The third kappa shape index (κ3) is 7.32. The Morgan fingerprint density at radius 2 is 2.00 bits per heavy atom. The van der Waals surface area contributed by atoms with Crippen LogP contribution in [0.25, 0.3) is 0 Å². The van der Waals surface area contributed by atoms with Crippen LogP contribution in [-0.4, -0.2) is 31.5 Å². The molecule has 0 radical (unpaired) electrons. The van der Waals surface area contributed by atoms with Gasteiger partial charge in [0, 0.05) is 37.9 Å². The molecule has 6 nitrogen and oxygen atoms in total. The highest BCUT2D eigenvalue weighted by Crippen LogP contribution is 2.09. The minimum atomic E-state index is -0.00170. The number of furan rings is 1. The van der Waals surface area contributed by atoms with Gasteiger partial charge in [-0.2, -0.15) is 0 Å². The predicted molar refractivity (Wildman–Crippen MR) is 97.2 cm³/mol. The molecule has 0 saturated carbocycles. The van der Waals surface area contributed by atoms with Crippen molar-refractivity contribution in [3.05, 3.63) is 46.5 Å². The largest absolute Gasteiger partial charge is 0.469 e. The molecule has 0 aliphatic carbocycles. The summed E-state index contributed by atoms with van der Waals surface area (Å²) in [5.41, 5.74) is 0. The van der Waals surface area contributed by atoms with Crippen molar-refractivity contribution in [2.45, 2.75) is 26.3 Å². The maximum absolute atomic E-state index is 10.9. The second kappa shape index (κ2) is 10.5. The predicted octanol–water partition coefficient (Wildman–Crippen LogP) is 2.15. The highest BCUT2D eigenvalue weighted by molar-refractivity contribution is 7.09. The van der Waals surface area contributed by atoms with Crippen LogP contribution in [0.4, 0.5) is 0 Å². The van der Waals surface area contributed by atoms with E-state index in [0.29, 0.717) is 13.1 Å². The number of rotatable bonds is 9. The second-order valence-electron chi connectivity index (χ2n) is 5.26. The number of hydrogen-bond acceptors (Lipinski definition) is 4. The number of amides is 1. The Kier molecular flexibility index (Phi) is 7.89. The molecule has 1 amide bonds. The normalized spacial score (nSPS) is 11.3. The summed E-state index contributed by atoms with van der Waals surface area (Å²) >= 11 is 1.70. The standard InChI is InChI=1S/C17H24N4O2S/c1-14(22)18-8-4-9-19-17(21-13-16-6-3-12-24-16)20-10-7-15-5-2-11-23-15/h2-3,5-6,11-12H,4,7-10,13H2,1H3,(H,18,22)(H2,19,20,21). The Hall–Kier alpha value is -2.28. The number of guanidine groups is 1. The molecule has 0 fully saturated rings. The smallest absolute Gasteiger partial charge is 0.216 e. The number of thiophene rings is 1. The summed E-state index contributed by atoms with van der Waals surface area (Å²) < 4.78 is 5.33. The van der Waals surface area contributed by atoms with Crippen molar-refractivity contribution in [3.8, 4) is 0 Å². The summed E-state index contributed by atoms with van der Waals surface area (Å²) in [6, 6.07) is 7.96. The second-order valence-corrected chi connectivity index (χ2v) is 6.30. The molecular weight excluding hydrogens is 324 g/mol. The van der Waals surface area contributed by atoms with Gasteiger partial charge in [0.25, 0.3) is 0 Å². The zero-order valence-electron chi connectivity index (χ0n) is 13.9. The van der Waals surface area contributed by atoms with E-state index in [2.05, 4.69) is 32.4 Å². The first-order valence-electron chi connectivity index (χ1n) is 8.05. The summed E-state index contributed by atoms with van der Waals surface area (Å²) in [7, 11) is 0. The van der Waals surface area contributed by atoms with E-state index in [-0.39, 0.29) is 5.91 Å². The third-order valence-corrected chi connectivity index (χ3v) is 4.10. The van der Waals surface area contributed by atoms with Crippen molar-refractivity contribution in [2.75, 3.05) is 19.6 Å². The van der Waals surface area contributed by atoms with Gasteiger partial charge in [-0.15, -0.1) is 11.3 Å². The van der Waals surface area contributed by atoms with E-state index in [0.717, 1.165) is 37.7 Å². The molecule has 2 aromatic rings. The van der Waals surface area contributed by atoms with Gasteiger partial charge in [-0.1, -0.05) is 6.07 Å². The van der Waals surface area contributed by atoms with Crippen molar-refractivity contribution < 1.29 is 9.21 Å². The molecule has 2 aromatic heterocycles. The first-order valence-corrected chi connectivity index (χ1v) is 8.93. The van der Waals surface area contributed by atoms with E-state index >= 15 is 0 Å². The van der Waals surface area contributed by atoms with Crippen LogP contribution in [0.3, 0.4) is 0 Å². The molecule has 130 valence electrons. The van der Waals surface area contributed by atoms with Crippen molar-refractivity contribution in [3.63, 3.8) is 0 Å². The van der Waals surface area contributed by atoms with Crippen LogP contribution in [0.1, 0.15) is 24.0 Å². The monoisotopic (exact) mass is 348 g/mol. The molecule has 0 aromatic carbocycles. The highest BCUT2D eigenvalue weighted by atomic mass is 32.1. The lowest BCUT2D eigenvalue weighted by molar-refractivity contribution is -0.118. The molecule has 7 heteroatoms. The van der Waals surface area contributed by atoms with Gasteiger partial charge >= 0.3 is 0 Å². The topological polar surface area (TPSA) is 78.7 Å². The third-order valence-electron chi connectivity index (χ3n) is 3.24. The van der Waals surface area contributed by atoms with Crippen molar-refractivity contribution in [1.29, 1.82) is 0 Å². The van der Waals surface area contributed by atoms with Gasteiger partial charge in [0.05, 0.1) is 12.8 Å². The zero-order chi connectivity index (χ0) is 17.0. The summed E-state index contributed by atoms with van der Waals surface area (Å²) in [5, 5.41) is 11.5. The fourth-order valence-electron chi connectivity index (χ4n) is 2.05. The summed E-state index contributed by atoms with van der Waals surface area (Å²) in [4.78, 5) is 16.7. The van der Waals surface area contributed by atoms with E-state index < -0.39 is 0 Å². The van der Waals surface area contributed by atoms with Crippen molar-refractivity contribution in [1.82, 2.24) is 16.0 Å². The molecule has 2 rings (SSSR count). The van der Waals surface area contributed by atoms with Crippen LogP contribution in [0.5, 0.6) is 0 Å². The number of nitrogens with one attached hydrogen (secondary N) is 3. The van der Waals surface area contributed by atoms with Crippen LogP contribution in [0.15, 0.2) is 45.3 Å². The number of carbonyl (C=O) groups is 1. The van der Waals surface area contributed by atoms with Gasteiger partial charge in [0.1, 0.15) is 5.76 Å². The van der Waals surface area contributed by atoms with Crippen LogP contribution in [-0.2, 0) is 17.8 Å². The fraction of sp³-hybridized carbons (Fsp3) is 0.412. The SMILES string of the molecule is CC(=O)NCCCNC(=NCc1cccs1)NCCc1ccco1. The Bertz CT molecular complexity index is 609. The molecule has 24 heavy (non-hydrogen) atoms. The van der Waals surface area contributed by atoms with Gasteiger partial charge in [-0.05, 0) is 30.0 Å². The minimum Gasteiger partial charge on any atom is -0.469 e.